The lowest BCUT2D eigenvalue weighted by molar-refractivity contribution is -0.151. The van der Waals surface area contributed by atoms with Crippen LogP contribution in [-0.2, 0) is 29.1 Å². The predicted molar refractivity (Wildman–Crippen MR) is 113 cm³/mol. The molecule has 1 saturated heterocycles. The Labute approximate surface area is 183 Å². The van der Waals surface area contributed by atoms with E-state index in [1.54, 1.807) is 12.1 Å². The summed E-state index contributed by atoms with van der Waals surface area (Å²) in [6.07, 6.45) is 0. The lowest BCUT2D eigenvalue weighted by atomic mass is 10.0. The molecule has 2 aliphatic heterocycles. The van der Waals surface area contributed by atoms with Gasteiger partial charge < -0.3 is 20.9 Å². The van der Waals surface area contributed by atoms with Crippen LogP contribution in [-0.4, -0.2) is 66.2 Å². The van der Waals surface area contributed by atoms with E-state index >= 15 is 0 Å². The number of β-lactam (4-membered cyclic amide) rings is 1. The smallest absolute Gasteiger partial charge is 0.356 e. The first-order valence-electron chi connectivity index (χ1n) is 9.21. The number of nitrogens with one attached hydrogen (secondary N) is 2. The first-order valence-corrected chi connectivity index (χ1v) is 11.9. The Morgan fingerprint density at radius 2 is 2.13 bits per heavy atom. The Balaban J connectivity index is 1.71. The van der Waals surface area contributed by atoms with Crippen LogP contribution >= 0.6 is 11.8 Å². The van der Waals surface area contributed by atoms with E-state index in [1.165, 1.54) is 37.9 Å². The van der Waals surface area contributed by atoms with Crippen molar-refractivity contribution >= 4 is 45.3 Å². The van der Waals surface area contributed by atoms with E-state index in [2.05, 4.69) is 10.0 Å². The van der Waals surface area contributed by atoms with Gasteiger partial charge in [0.2, 0.25) is 15.9 Å². The molecule has 1 fully saturated rings. The third kappa shape index (κ3) is 4.48. The number of carboxylic acid groups (broad SMARTS) is 1. The molecule has 0 radical (unpaired) electrons. The maximum atomic E-state index is 12.6. The fourth-order valence-electron chi connectivity index (χ4n) is 3.19. The number of carbonyl (C=O) groups is 3. The molecule has 1 aromatic rings. The molecule has 0 aliphatic carbocycles. The van der Waals surface area contributed by atoms with E-state index in [0.717, 1.165) is 4.90 Å². The lowest BCUT2D eigenvalue weighted by Gasteiger charge is -2.49. The molecule has 0 bridgehead atoms. The molecular formula is C18H22N4O7S2. The van der Waals surface area contributed by atoms with Crippen LogP contribution in [0.1, 0.15) is 18.5 Å². The summed E-state index contributed by atoms with van der Waals surface area (Å²) in [4.78, 5) is 37.8. The number of ether oxygens (including phenoxy) is 1. The molecule has 11 nitrogen and oxygen atoms in total. The molecule has 0 spiro atoms. The van der Waals surface area contributed by atoms with Gasteiger partial charge in [0.05, 0.1) is 18.6 Å². The summed E-state index contributed by atoms with van der Waals surface area (Å²) in [5, 5.41) is 11.4. The van der Waals surface area contributed by atoms with Gasteiger partial charge in [0, 0.05) is 5.69 Å². The third-order valence-corrected chi connectivity index (χ3v) is 7.42. The topological polar surface area (TPSA) is 168 Å². The van der Waals surface area contributed by atoms with Crippen molar-refractivity contribution in [2.45, 2.75) is 24.4 Å². The monoisotopic (exact) mass is 470 g/mol. The molecule has 0 saturated carbocycles. The van der Waals surface area contributed by atoms with Crippen LogP contribution in [0, 0.1) is 0 Å². The van der Waals surface area contributed by atoms with E-state index in [1.807, 2.05) is 0 Å². The highest BCUT2D eigenvalue weighted by Crippen LogP contribution is 2.40. The minimum Gasteiger partial charge on any atom is -0.498 e. The van der Waals surface area contributed by atoms with Crippen LogP contribution in [0.2, 0.25) is 0 Å². The van der Waals surface area contributed by atoms with Gasteiger partial charge in [-0.25, -0.2) is 13.2 Å². The average Bonchev–Trinajstić information content (AvgIpc) is 2.75. The summed E-state index contributed by atoms with van der Waals surface area (Å²) in [6, 6.07) is 4.00. The molecule has 13 heteroatoms. The minimum atomic E-state index is -3.50. The molecule has 3 atom stereocenters. The molecule has 2 aliphatic rings. The Hall–Kier alpha value is -2.77. The standard InChI is InChI=1S/C18H22N4O7S2/c1-3-31(27,28)21-10-6-4-5-9(7-10)12(19)15(23)20-13-16(24)22-14(18(25)26)11(29-2)8-30-17(13)22/h4-7,12-13,17,21H,3,8,19H2,1-2H3,(H,20,23)(H,25,26)/t12?,13-,17-/m1/s1. The van der Waals surface area contributed by atoms with Gasteiger partial charge in [-0.15, -0.1) is 11.8 Å². The highest BCUT2D eigenvalue weighted by Gasteiger charge is 2.55. The number of carbonyl (C=O) groups excluding carboxylic acids is 2. The number of hydrogen-bond donors (Lipinski definition) is 4. The van der Waals surface area contributed by atoms with Crippen molar-refractivity contribution in [1.29, 1.82) is 0 Å². The second-order valence-corrected chi connectivity index (χ2v) is 9.90. The number of anilines is 1. The first kappa shape index (κ1) is 22.9. The zero-order chi connectivity index (χ0) is 22.9. The summed E-state index contributed by atoms with van der Waals surface area (Å²) in [6.45, 7) is 1.49. The van der Waals surface area contributed by atoms with Crippen molar-refractivity contribution in [1.82, 2.24) is 10.2 Å². The summed E-state index contributed by atoms with van der Waals surface area (Å²) in [5.74, 6) is -2.20. The molecule has 31 heavy (non-hydrogen) atoms. The SMILES string of the molecule is CCS(=O)(=O)Nc1cccc(C(N)C(=O)N[C@@H]2C(=O)N3C(C(=O)O)=C(OC)CS[C@H]23)c1. The summed E-state index contributed by atoms with van der Waals surface area (Å²) in [5.41, 5.74) is 6.40. The zero-order valence-corrected chi connectivity index (χ0v) is 18.3. The van der Waals surface area contributed by atoms with Crippen LogP contribution in [0.15, 0.2) is 35.7 Å². The van der Waals surface area contributed by atoms with Gasteiger partial charge in [-0.2, -0.15) is 0 Å². The third-order valence-electron chi connectivity index (χ3n) is 4.86. The van der Waals surface area contributed by atoms with Crippen molar-refractivity contribution in [3.8, 4) is 0 Å². The van der Waals surface area contributed by atoms with Crippen molar-refractivity contribution in [3.63, 3.8) is 0 Å². The summed E-state index contributed by atoms with van der Waals surface area (Å²) < 4.78 is 30.9. The number of hydrogen-bond acceptors (Lipinski definition) is 8. The summed E-state index contributed by atoms with van der Waals surface area (Å²) >= 11 is 1.27. The molecule has 1 unspecified atom stereocenters. The Kier molecular flexibility index (Phi) is 6.48. The average molecular weight is 471 g/mol. The van der Waals surface area contributed by atoms with Gasteiger partial charge in [0.15, 0.2) is 5.70 Å². The number of fused-ring (bicyclic) bond motifs is 1. The van der Waals surface area contributed by atoms with Crippen LogP contribution in [0.4, 0.5) is 5.69 Å². The van der Waals surface area contributed by atoms with Gasteiger partial charge in [-0.1, -0.05) is 12.1 Å². The van der Waals surface area contributed by atoms with E-state index in [-0.39, 0.29) is 28.6 Å². The highest BCUT2D eigenvalue weighted by atomic mass is 32.2. The number of benzene rings is 1. The molecule has 5 N–H and O–H groups in total. The maximum Gasteiger partial charge on any atom is 0.356 e. The fraction of sp³-hybridized carbons (Fsp3) is 0.389. The van der Waals surface area contributed by atoms with Gasteiger partial charge in [0.1, 0.15) is 23.2 Å². The molecule has 2 amide bonds. The second-order valence-electron chi connectivity index (χ2n) is 6.79. The lowest BCUT2D eigenvalue weighted by Crippen LogP contribution is -2.71. The van der Waals surface area contributed by atoms with Crippen molar-refractivity contribution < 1.29 is 32.6 Å². The van der Waals surface area contributed by atoms with Crippen LogP contribution in [0.3, 0.4) is 0 Å². The minimum absolute atomic E-state index is 0.110. The molecule has 0 aromatic heterocycles. The van der Waals surface area contributed by atoms with E-state index in [0.29, 0.717) is 5.56 Å². The van der Waals surface area contributed by atoms with Gasteiger partial charge in [-0.05, 0) is 24.6 Å². The fourth-order valence-corrected chi connectivity index (χ4v) is 5.13. The van der Waals surface area contributed by atoms with Crippen LogP contribution < -0.4 is 15.8 Å². The van der Waals surface area contributed by atoms with Crippen LogP contribution in [0.5, 0.6) is 0 Å². The summed E-state index contributed by atoms with van der Waals surface area (Å²) in [7, 11) is -2.17. The second kappa shape index (κ2) is 8.77. The molecule has 1 aromatic carbocycles. The number of aliphatic carboxylic acids is 1. The van der Waals surface area contributed by atoms with Crippen molar-refractivity contribution in [2.75, 3.05) is 23.3 Å². The highest BCUT2D eigenvalue weighted by molar-refractivity contribution is 8.00. The molecule has 3 rings (SSSR count). The van der Waals surface area contributed by atoms with Crippen molar-refractivity contribution in [3.05, 3.63) is 41.3 Å². The molecule has 168 valence electrons. The van der Waals surface area contributed by atoms with E-state index in [4.69, 9.17) is 10.5 Å². The normalized spacial score (nSPS) is 21.6. The number of rotatable bonds is 8. The first-order chi connectivity index (χ1) is 14.6. The predicted octanol–water partition coefficient (Wildman–Crippen LogP) is -0.209. The van der Waals surface area contributed by atoms with Gasteiger partial charge in [-0.3, -0.25) is 19.2 Å². The Morgan fingerprint density at radius 1 is 1.42 bits per heavy atom. The molecule has 2 heterocycles. The number of nitrogens with zero attached hydrogens (tertiary/aromatic N) is 1. The maximum absolute atomic E-state index is 12.6. The zero-order valence-electron chi connectivity index (χ0n) is 16.7. The van der Waals surface area contributed by atoms with Gasteiger partial charge >= 0.3 is 5.97 Å². The number of amides is 2. The Bertz CT molecular complexity index is 1060. The van der Waals surface area contributed by atoms with Crippen LogP contribution in [0.25, 0.3) is 0 Å². The number of carboxylic acids is 1. The van der Waals surface area contributed by atoms with E-state index < -0.39 is 45.3 Å². The van der Waals surface area contributed by atoms with E-state index in [9.17, 15) is 27.9 Å². The largest absolute Gasteiger partial charge is 0.498 e. The van der Waals surface area contributed by atoms with Crippen molar-refractivity contribution in [2.24, 2.45) is 5.73 Å². The number of thioether (sulfide) groups is 1. The number of nitrogens with two attached hydrogens (primary N) is 1. The number of methoxy groups -OCH3 is 1. The number of sulfonamides is 1. The Morgan fingerprint density at radius 3 is 2.74 bits per heavy atom. The quantitative estimate of drug-likeness (QED) is 0.376. The molecular weight excluding hydrogens is 448 g/mol. The van der Waals surface area contributed by atoms with Gasteiger partial charge in [0.25, 0.3) is 5.91 Å².